The number of hydrogen-bond donors (Lipinski definition) is 1. The molecule has 1 aliphatic rings. The highest BCUT2D eigenvalue weighted by Gasteiger charge is 2.07. The lowest BCUT2D eigenvalue weighted by Crippen LogP contribution is -2.27. The number of methoxy groups -OCH3 is 1. The van der Waals surface area contributed by atoms with Crippen molar-refractivity contribution in [1.82, 2.24) is 10.2 Å². The zero-order chi connectivity index (χ0) is 11.5. The van der Waals surface area contributed by atoms with Crippen LogP contribution in [0.3, 0.4) is 0 Å². The summed E-state index contributed by atoms with van der Waals surface area (Å²) in [7, 11) is 1.75. The van der Waals surface area contributed by atoms with E-state index in [2.05, 4.69) is 10.2 Å². The second kappa shape index (κ2) is 10.1. The van der Waals surface area contributed by atoms with Crippen LogP contribution in [0, 0.1) is 0 Å². The highest BCUT2D eigenvalue weighted by Crippen LogP contribution is 2.09. The Hall–Kier alpha value is -0.120. The molecule has 1 fully saturated rings. The minimum atomic E-state index is 0.826. The molecule has 0 spiro atoms. The summed E-state index contributed by atoms with van der Waals surface area (Å²) in [6, 6.07) is 0. The first-order chi connectivity index (χ1) is 7.93. The first-order valence-electron chi connectivity index (χ1n) is 6.85. The van der Waals surface area contributed by atoms with Crippen LogP contribution >= 0.6 is 0 Å². The maximum atomic E-state index is 4.99. The predicted octanol–water partition coefficient (Wildman–Crippen LogP) is 1.88. The van der Waals surface area contributed by atoms with E-state index in [1.54, 1.807) is 7.11 Å². The van der Waals surface area contributed by atoms with Crippen molar-refractivity contribution in [3.8, 4) is 0 Å². The smallest absolute Gasteiger partial charge is 0.0587 e. The van der Waals surface area contributed by atoms with Crippen LogP contribution in [0.25, 0.3) is 0 Å². The van der Waals surface area contributed by atoms with Crippen molar-refractivity contribution < 1.29 is 4.74 Å². The number of rotatable bonds is 8. The molecule has 1 rings (SSSR count). The molecule has 3 nitrogen and oxygen atoms in total. The minimum absolute atomic E-state index is 0.826. The molecule has 0 aliphatic carbocycles. The summed E-state index contributed by atoms with van der Waals surface area (Å²) in [5.41, 5.74) is 0. The first kappa shape index (κ1) is 13.9. The normalized spacial score (nSPS) is 18.6. The van der Waals surface area contributed by atoms with Gasteiger partial charge >= 0.3 is 0 Å². The lowest BCUT2D eigenvalue weighted by Gasteiger charge is -2.19. The fraction of sp³-hybridized carbons (Fsp3) is 1.00. The zero-order valence-corrected chi connectivity index (χ0v) is 10.8. The summed E-state index contributed by atoms with van der Waals surface area (Å²) in [6.45, 7) is 6.91. The van der Waals surface area contributed by atoms with E-state index in [-0.39, 0.29) is 0 Å². The standard InChI is InChI=1S/C13H28N2O/c1-16-13-9-14-8-4-7-12-15-10-5-2-3-6-11-15/h14H,2-13H2,1H3. The van der Waals surface area contributed by atoms with Crippen molar-refractivity contribution in [1.29, 1.82) is 0 Å². The van der Waals surface area contributed by atoms with Crippen LogP contribution in [-0.4, -0.2) is 51.3 Å². The fourth-order valence-corrected chi connectivity index (χ4v) is 2.24. The third-order valence-corrected chi connectivity index (χ3v) is 3.26. The van der Waals surface area contributed by atoms with Crippen molar-refractivity contribution in [3.63, 3.8) is 0 Å². The van der Waals surface area contributed by atoms with E-state index < -0.39 is 0 Å². The van der Waals surface area contributed by atoms with Gasteiger partial charge in [0.05, 0.1) is 6.61 Å². The molecule has 0 unspecified atom stereocenters. The van der Waals surface area contributed by atoms with Crippen LogP contribution in [0.5, 0.6) is 0 Å². The highest BCUT2D eigenvalue weighted by molar-refractivity contribution is 4.63. The number of nitrogens with one attached hydrogen (secondary N) is 1. The molecule has 0 aromatic carbocycles. The second-order valence-electron chi connectivity index (χ2n) is 4.71. The van der Waals surface area contributed by atoms with Crippen molar-refractivity contribution in [2.75, 3.05) is 46.4 Å². The number of unbranched alkanes of at least 4 members (excludes halogenated alkanes) is 1. The average Bonchev–Trinajstić information content (AvgIpc) is 2.56. The van der Waals surface area contributed by atoms with Gasteiger partial charge < -0.3 is 15.0 Å². The van der Waals surface area contributed by atoms with Crippen molar-refractivity contribution in [3.05, 3.63) is 0 Å². The molecule has 0 radical (unpaired) electrons. The minimum Gasteiger partial charge on any atom is -0.383 e. The van der Waals surface area contributed by atoms with E-state index >= 15 is 0 Å². The van der Waals surface area contributed by atoms with Gasteiger partial charge in [-0.05, 0) is 51.9 Å². The van der Waals surface area contributed by atoms with Gasteiger partial charge in [-0.15, -0.1) is 0 Å². The van der Waals surface area contributed by atoms with Gasteiger partial charge in [-0.2, -0.15) is 0 Å². The summed E-state index contributed by atoms with van der Waals surface area (Å²) in [5.74, 6) is 0. The summed E-state index contributed by atoms with van der Waals surface area (Å²) >= 11 is 0. The topological polar surface area (TPSA) is 24.5 Å². The summed E-state index contributed by atoms with van der Waals surface area (Å²) < 4.78 is 4.99. The fourth-order valence-electron chi connectivity index (χ4n) is 2.24. The first-order valence-corrected chi connectivity index (χ1v) is 6.85. The Kier molecular flexibility index (Phi) is 8.77. The molecule has 0 atom stereocenters. The molecule has 0 saturated carbocycles. The van der Waals surface area contributed by atoms with Crippen LogP contribution in [0.2, 0.25) is 0 Å². The predicted molar refractivity (Wildman–Crippen MR) is 68.9 cm³/mol. The van der Waals surface area contributed by atoms with E-state index in [0.29, 0.717) is 0 Å². The number of nitrogens with zero attached hydrogens (tertiary/aromatic N) is 1. The van der Waals surface area contributed by atoms with Gasteiger partial charge in [-0.1, -0.05) is 12.8 Å². The molecular weight excluding hydrogens is 200 g/mol. The summed E-state index contributed by atoms with van der Waals surface area (Å²) in [5, 5.41) is 3.39. The van der Waals surface area contributed by atoms with Gasteiger partial charge in [0.1, 0.15) is 0 Å². The Morgan fingerprint density at radius 3 is 2.44 bits per heavy atom. The molecule has 0 amide bonds. The lowest BCUT2D eigenvalue weighted by atomic mass is 10.2. The summed E-state index contributed by atoms with van der Waals surface area (Å²) in [4.78, 5) is 2.64. The molecule has 0 aromatic heterocycles. The molecule has 1 saturated heterocycles. The Labute approximate surface area is 101 Å². The van der Waals surface area contributed by atoms with E-state index in [4.69, 9.17) is 4.74 Å². The Balaban J connectivity index is 1.86. The van der Waals surface area contributed by atoms with E-state index in [1.807, 2.05) is 0 Å². The molecule has 1 heterocycles. The van der Waals surface area contributed by atoms with Crippen LogP contribution in [-0.2, 0) is 4.74 Å². The molecule has 16 heavy (non-hydrogen) atoms. The van der Waals surface area contributed by atoms with Gasteiger partial charge in [0, 0.05) is 13.7 Å². The number of ether oxygens (including phenoxy) is 1. The SMILES string of the molecule is COCCNCCCCN1CCCCCC1. The average molecular weight is 228 g/mol. The van der Waals surface area contributed by atoms with Crippen LogP contribution in [0.1, 0.15) is 38.5 Å². The van der Waals surface area contributed by atoms with Gasteiger partial charge in [0.15, 0.2) is 0 Å². The quantitative estimate of drug-likeness (QED) is 0.642. The molecule has 0 bridgehead atoms. The molecule has 3 heteroatoms. The van der Waals surface area contributed by atoms with Crippen LogP contribution in [0.15, 0.2) is 0 Å². The van der Waals surface area contributed by atoms with Gasteiger partial charge in [-0.25, -0.2) is 0 Å². The highest BCUT2D eigenvalue weighted by atomic mass is 16.5. The number of likely N-dealkylation sites (tertiary alicyclic amines) is 1. The Bertz CT molecular complexity index is 145. The molecule has 0 aromatic rings. The third kappa shape index (κ3) is 7.20. The molecule has 1 aliphatic heterocycles. The van der Waals surface area contributed by atoms with Gasteiger partial charge in [-0.3, -0.25) is 0 Å². The molecule has 1 N–H and O–H groups in total. The largest absolute Gasteiger partial charge is 0.383 e. The van der Waals surface area contributed by atoms with Crippen LogP contribution < -0.4 is 5.32 Å². The van der Waals surface area contributed by atoms with Gasteiger partial charge in [0.25, 0.3) is 0 Å². The lowest BCUT2D eigenvalue weighted by molar-refractivity contribution is 0.199. The second-order valence-corrected chi connectivity index (χ2v) is 4.71. The monoisotopic (exact) mass is 228 g/mol. The number of hydrogen-bond acceptors (Lipinski definition) is 3. The van der Waals surface area contributed by atoms with E-state index in [9.17, 15) is 0 Å². The van der Waals surface area contributed by atoms with Crippen molar-refractivity contribution in [2.24, 2.45) is 0 Å². The van der Waals surface area contributed by atoms with E-state index in [1.165, 1.54) is 58.2 Å². The van der Waals surface area contributed by atoms with Crippen LogP contribution in [0.4, 0.5) is 0 Å². The van der Waals surface area contributed by atoms with Crippen molar-refractivity contribution in [2.45, 2.75) is 38.5 Å². The third-order valence-electron chi connectivity index (χ3n) is 3.26. The Morgan fingerprint density at radius 2 is 1.75 bits per heavy atom. The van der Waals surface area contributed by atoms with Crippen molar-refractivity contribution >= 4 is 0 Å². The maximum absolute atomic E-state index is 4.99. The van der Waals surface area contributed by atoms with Gasteiger partial charge in [0.2, 0.25) is 0 Å². The molecule has 96 valence electrons. The maximum Gasteiger partial charge on any atom is 0.0587 e. The summed E-state index contributed by atoms with van der Waals surface area (Å²) in [6.07, 6.45) is 8.32. The molecular formula is C13H28N2O. The van der Waals surface area contributed by atoms with E-state index in [0.717, 1.165) is 19.7 Å². The Morgan fingerprint density at radius 1 is 1.00 bits per heavy atom. The zero-order valence-electron chi connectivity index (χ0n) is 10.8.